The molecule has 2 N–H and O–H groups in total. The van der Waals surface area contributed by atoms with Gasteiger partial charge in [0.05, 0.1) is 5.52 Å². The van der Waals surface area contributed by atoms with Crippen LogP contribution in [-0.4, -0.2) is 15.9 Å². The summed E-state index contributed by atoms with van der Waals surface area (Å²) in [5.74, 6) is -0.496. The molecule has 1 amide bonds. The van der Waals surface area contributed by atoms with E-state index in [9.17, 15) is 4.79 Å². The van der Waals surface area contributed by atoms with Gasteiger partial charge < -0.3 is 5.73 Å². The van der Waals surface area contributed by atoms with E-state index in [2.05, 4.69) is 22.1 Å². The van der Waals surface area contributed by atoms with Crippen molar-refractivity contribution >= 4 is 16.8 Å². The van der Waals surface area contributed by atoms with Gasteiger partial charge in [-0.15, -0.1) is 0 Å². The minimum absolute atomic E-state index is 0.333. The van der Waals surface area contributed by atoms with Crippen LogP contribution in [0.3, 0.4) is 0 Å². The Balaban J connectivity index is 2.00. The Labute approximate surface area is 122 Å². The molecular formula is C17H15N3O. The molecule has 0 saturated heterocycles. The number of pyridine rings is 2. The number of aromatic nitrogens is 2. The second-order valence-corrected chi connectivity index (χ2v) is 5.09. The lowest BCUT2D eigenvalue weighted by Gasteiger charge is -2.07. The molecule has 104 valence electrons. The predicted octanol–water partition coefficient (Wildman–Crippen LogP) is 2.63. The fourth-order valence-electron chi connectivity index (χ4n) is 2.42. The number of rotatable bonds is 3. The Bertz CT molecular complexity index is 827. The highest BCUT2D eigenvalue weighted by Gasteiger charge is 2.09. The summed E-state index contributed by atoms with van der Waals surface area (Å²) in [5.41, 5.74) is 9.73. The molecule has 0 radical (unpaired) electrons. The minimum Gasteiger partial charge on any atom is -0.364 e. The average Bonchev–Trinajstić information content (AvgIpc) is 2.47. The Morgan fingerprint density at radius 3 is 2.86 bits per heavy atom. The van der Waals surface area contributed by atoms with Gasteiger partial charge in [0.25, 0.3) is 5.91 Å². The lowest BCUT2D eigenvalue weighted by Crippen LogP contribution is -2.15. The molecule has 4 nitrogen and oxygen atoms in total. The fourth-order valence-corrected chi connectivity index (χ4v) is 2.42. The van der Waals surface area contributed by atoms with Crippen LogP contribution in [0.2, 0.25) is 0 Å². The number of carbonyl (C=O) groups is 1. The summed E-state index contributed by atoms with van der Waals surface area (Å²) in [6, 6.07) is 11.9. The van der Waals surface area contributed by atoms with E-state index < -0.39 is 5.91 Å². The number of carbonyl (C=O) groups excluding carboxylic acids is 1. The number of aryl methyl sites for hydroxylation is 1. The molecule has 2 heterocycles. The van der Waals surface area contributed by atoms with Crippen molar-refractivity contribution in [3.63, 3.8) is 0 Å². The van der Waals surface area contributed by atoms with E-state index in [1.165, 1.54) is 0 Å². The lowest BCUT2D eigenvalue weighted by atomic mass is 10.0. The molecule has 21 heavy (non-hydrogen) atoms. The lowest BCUT2D eigenvalue weighted by molar-refractivity contribution is 0.0994. The molecule has 3 rings (SSSR count). The zero-order valence-corrected chi connectivity index (χ0v) is 11.7. The monoisotopic (exact) mass is 277 g/mol. The van der Waals surface area contributed by atoms with Crippen molar-refractivity contribution < 1.29 is 4.79 Å². The van der Waals surface area contributed by atoms with Gasteiger partial charge in [-0.1, -0.05) is 12.1 Å². The third kappa shape index (κ3) is 2.74. The van der Waals surface area contributed by atoms with E-state index in [-0.39, 0.29) is 0 Å². The fraction of sp³-hybridized carbons (Fsp3) is 0.118. The van der Waals surface area contributed by atoms with Crippen LogP contribution in [0.15, 0.2) is 48.8 Å². The first-order valence-corrected chi connectivity index (χ1v) is 6.72. The van der Waals surface area contributed by atoms with Crippen molar-refractivity contribution in [3.05, 3.63) is 71.2 Å². The number of benzene rings is 1. The van der Waals surface area contributed by atoms with E-state index in [1.807, 2.05) is 37.4 Å². The van der Waals surface area contributed by atoms with Crippen molar-refractivity contribution in [2.75, 3.05) is 0 Å². The summed E-state index contributed by atoms with van der Waals surface area (Å²) in [6.45, 7) is 2.02. The van der Waals surface area contributed by atoms with Crippen molar-refractivity contribution in [2.45, 2.75) is 13.3 Å². The molecule has 0 unspecified atom stereocenters. The normalized spacial score (nSPS) is 10.7. The van der Waals surface area contributed by atoms with Gasteiger partial charge in [-0.05, 0) is 54.3 Å². The van der Waals surface area contributed by atoms with E-state index >= 15 is 0 Å². The van der Waals surface area contributed by atoms with Gasteiger partial charge in [-0.3, -0.25) is 14.8 Å². The third-order valence-corrected chi connectivity index (χ3v) is 3.40. The summed E-state index contributed by atoms with van der Waals surface area (Å²) in [7, 11) is 0. The Hall–Kier alpha value is -2.75. The van der Waals surface area contributed by atoms with Gasteiger partial charge in [-0.2, -0.15) is 0 Å². The van der Waals surface area contributed by atoms with Crippen molar-refractivity contribution in [2.24, 2.45) is 5.73 Å². The highest BCUT2D eigenvalue weighted by Crippen LogP contribution is 2.18. The second kappa shape index (κ2) is 5.32. The topological polar surface area (TPSA) is 68.9 Å². The SMILES string of the molecule is Cc1cnc2ccc(Cc3cccnc3C(N)=O)cc2c1. The molecule has 3 aromatic rings. The number of primary amides is 1. The van der Waals surface area contributed by atoms with E-state index in [4.69, 9.17) is 5.73 Å². The molecular weight excluding hydrogens is 262 g/mol. The van der Waals surface area contributed by atoms with Gasteiger partial charge in [-0.25, -0.2) is 0 Å². The molecule has 1 aromatic carbocycles. The van der Waals surface area contributed by atoms with Crippen LogP contribution < -0.4 is 5.73 Å². The Morgan fingerprint density at radius 2 is 2.05 bits per heavy atom. The maximum atomic E-state index is 11.4. The third-order valence-electron chi connectivity index (χ3n) is 3.40. The molecule has 4 heteroatoms. The Morgan fingerprint density at radius 1 is 1.19 bits per heavy atom. The average molecular weight is 277 g/mol. The van der Waals surface area contributed by atoms with Gasteiger partial charge in [0.2, 0.25) is 0 Å². The molecule has 0 saturated carbocycles. The van der Waals surface area contributed by atoms with E-state index in [1.54, 1.807) is 6.20 Å². The zero-order chi connectivity index (χ0) is 14.8. The van der Waals surface area contributed by atoms with E-state index in [0.717, 1.165) is 27.6 Å². The van der Waals surface area contributed by atoms with Crippen LogP contribution in [-0.2, 0) is 6.42 Å². The smallest absolute Gasteiger partial charge is 0.267 e. The molecule has 0 aliphatic heterocycles. The van der Waals surface area contributed by atoms with E-state index in [0.29, 0.717) is 12.1 Å². The Kier molecular flexibility index (Phi) is 3.36. The van der Waals surface area contributed by atoms with Crippen LogP contribution in [0.4, 0.5) is 0 Å². The first kappa shape index (κ1) is 13.2. The number of amides is 1. The first-order chi connectivity index (χ1) is 10.1. The van der Waals surface area contributed by atoms with Crippen LogP contribution in [0.1, 0.15) is 27.2 Å². The second-order valence-electron chi connectivity index (χ2n) is 5.09. The van der Waals surface area contributed by atoms with Gasteiger partial charge in [0.1, 0.15) is 5.69 Å². The van der Waals surface area contributed by atoms with Gasteiger partial charge >= 0.3 is 0 Å². The first-order valence-electron chi connectivity index (χ1n) is 6.72. The number of fused-ring (bicyclic) bond motifs is 1. The minimum atomic E-state index is -0.496. The van der Waals surface area contributed by atoms with Crippen LogP contribution in [0.25, 0.3) is 10.9 Å². The largest absolute Gasteiger partial charge is 0.364 e. The molecule has 0 aliphatic carbocycles. The molecule has 0 atom stereocenters. The standard InChI is InChI=1S/C17H15N3O/c1-11-7-14-9-12(4-5-15(14)20-10-11)8-13-3-2-6-19-16(13)17(18)21/h2-7,9-10H,8H2,1H3,(H2,18,21). The molecule has 2 aromatic heterocycles. The van der Waals surface area contributed by atoms with Crippen molar-refractivity contribution in [3.8, 4) is 0 Å². The summed E-state index contributed by atoms with van der Waals surface area (Å²) in [6.07, 6.45) is 4.06. The molecule has 0 aliphatic rings. The van der Waals surface area contributed by atoms with Crippen molar-refractivity contribution in [1.82, 2.24) is 9.97 Å². The van der Waals surface area contributed by atoms with Gasteiger partial charge in [0, 0.05) is 17.8 Å². The zero-order valence-electron chi connectivity index (χ0n) is 11.7. The van der Waals surface area contributed by atoms with Crippen LogP contribution >= 0.6 is 0 Å². The summed E-state index contributed by atoms with van der Waals surface area (Å²) >= 11 is 0. The number of nitrogens with two attached hydrogens (primary N) is 1. The highest BCUT2D eigenvalue weighted by molar-refractivity contribution is 5.92. The summed E-state index contributed by atoms with van der Waals surface area (Å²) in [4.78, 5) is 19.9. The van der Waals surface area contributed by atoms with Crippen LogP contribution in [0.5, 0.6) is 0 Å². The number of nitrogens with zero attached hydrogens (tertiary/aromatic N) is 2. The van der Waals surface area contributed by atoms with Crippen molar-refractivity contribution in [1.29, 1.82) is 0 Å². The summed E-state index contributed by atoms with van der Waals surface area (Å²) < 4.78 is 0. The molecule has 0 spiro atoms. The highest BCUT2D eigenvalue weighted by atomic mass is 16.1. The van der Waals surface area contributed by atoms with Gasteiger partial charge in [0.15, 0.2) is 0 Å². The summed E-state index contributed by atoms with van der Waals surface area (Å²) in [5, 5.41) is 1.09. The quantitative estimate of drug-likeness (QED) is 0.800. The maximum absolute atomic E-state index is 11.4. The number of hydrogen-bond acceptors (Lipinski definition) is 3. The predicted molar refractivity (Wildman–Crippen MR) is 82.0 cm³/mol. The molecule has 0 fully saturated rings. The number of hydrogen-bond donors (Lipinski definition) is 1. The molecule has 0 bridgehead atoms. The maximum Gasteiger partial charge on any atom is 0.267 e. The van der Waals surface area contributed by atoms with Crippen LogP contribution in [0, 0.1) is 6.92 Å².